The molecule has 158 valence electrons. The summed E-state index contributed by atoms with van der Waals surface area (Å²) in [4.78, 5) is 22.3. The number of thiophene rings is 1. The van der Waals surface area contributed by atoms with Gasteiger partial charge in [0.1, 0.15) is 17.0 Å². The predicted octanol–water partition coefficient (Wildman–Crippen LogP) is 4.25. The molecule has 0 saturated carbocycles. The first kappa shape index (κ1) is 9.75. The average molecular weight is 438 g/mol. The van der Waals surface area contributed by atoms with Crippen LogP contribution in [0.15, 0.2) is 36.6 Å². The van der Waals surface area contributed by atoms with Crippen molar-refractivity contribution >= 4 is 33.3 Å². The van der Waals surface area contributed by atoms with Crippen LogP contribution in [-0.2, 0) is 6.52 Å². The van der Waals surface area contributed by atoms with Crippen molar-refractivity contribution in [3.63, 3.8) is 0 Å². The number of hydrogen-bond acceptors (Lipinski definition) is 6. The van der Waals surface area contributed by atoms with Gasteiger partial charge in [-0.2, -0.15) is 0 Å². The fraction of sp³-hybridized carbons (Fsp3) is 0.435. The molecule has 2 aromatic heterocycles. The molecule has 1 aliphatic rings. The Labute approximate surface area is 201 Å². The van der Waals surface area contributed by atoms with Crippen molar-refractivity contribution in [2.75, 3.05) is 25.4 Å². The predicted molar refractivity (Wildman–Crippen MR) is 123 cm³/mol. The number of anilines is 1. The average Bonchev–Trinajstić information content (AvgIpc) is 3.26. The molecule has 1 saturated heterocycles. The molecule has 7 heteroatoms. The number of carbonyl (C=O) groups excluding carboxylic acids is 1. The smallest absolute Gasteiger partial charge is 0.251 e. The molecule has 1 aromatic carbocycles. The van der Waals surface area contributed by atoms with Crippen LogP contribution >= 0.6 is 11.3 Å². The maximum absolute atomic E-state index is 12.6. The fourth-order valence-corrected chi connectivity index (χ4v) is 3.70. The summed E-state index contributed by atoms with van der Waals surface area (Å²) in [6, 6.07) is -0.159. The van der Waals surface area contributed by atoms with Gasteiger partial charge in [0, 0.05) is 55.4 Å². The molecule has 6 nitrogen and oxygen atoms in total. The first-order valence-electron chi connectivity index (χ1n) is 16.1. The van der Waals surface area contributed by atoms with Gasteiger partial charge < -0.3 is 10.6 Å². The number of piperidine rings is 1. The van der Waals surface area contributed by atoms with Crippen LogP contribution in [0.25, 0.3) is 10.2 Å². The van der Waals surface area contributed by atoms with Gasteiger partial charge in [-0.1, -0.05) is 26.0 Å². The van der Waals surface area contributed by atoms with Crippen LogP contribution in [-0.4, -0.2) is 46.9 Å². The minimum Gasteiger partial charge on any atom is -0.367 e. The highest BCUT2D eigenvalue weighted by molar-refractivity contribution is 7.18. The molecule has 0 bridgehead atoms. The van der Waals surface area contributed by atoms with E-state index >= 15 is 0 Å². The van der Waals surface area contributed by atoms with Crippen molar-refractivity contribution in [2.24, 2.45) is 0 Å². The molecule has 1 unspecified atom stereocenters. The number of hydrogen-bond donors (Lipinski definition) is 2. The molecule has 1 atom stereocenters. The van der Waals surface area contributed by atoms with Gasteiger partial charge in [-0.3, -0.25) is 9.69 Å². The van der Waals surface area contributed by atoms with Crippen LogP contribution in [0.1, 0.15) is 69.7 Å². The Kier molecular flexibility index (Phi) is 2.96. The lowest BCUT2D eigenvalue weighted by atomic mass is 10.0. The third-order valence-corrected chi connectivity index (χ3v) is 5.51. The summed E-state index contributed by atoms with van der Waals surface area (Å²) in [7, 11) is 0. The fourth-order valence-electron chi connectivity index (χ4n) is 2.80. The van der Waals surface area contributed by atoms with E-state index < -0.39 is 68.8 Å². The summed E-state index contributed by atoms with van der Waals surface area (Å²) in [6.45, 7) is -3.01. The first-order valence-corrected chi connectivity index (χ1v) is 9.91. The van der Waals surface area contributed by atoms with E-state index in [-0.39, 0.29) is 33.0 Å². The monoisotopic (exact) mass is 437 g/mol. The lowest BCUT2D eigenvalue weighted by Crippen LogP contribution is -2.38. The van der Waals surface area contributed by atoms with Gasteiger partial charge in [-0.25, -0.2) is 9.97 Å². The summed E-state index contributed by atoms with van der Waals surface area (Å²) >= 11 is 1.02. The second-order valence-electron chi connectivity index (χ2n) is 6.73. The Morgan fingerprint density at radius 1 is 1.57 bits per heavy atom. The summed E-state index contributed by atoms with van der Waals surface area (Å²) in [6.07, 6.45) is -4.65. The molecule has 0 radical (unpaired) electrons. The van der Waals surface area contributed by atoms with Gasteiger partial charge in [-0.05, 0) is 42.4 Å². The Morgan fingerprint density at radius 2 is 2.40 bits per heavy atom. The molecule has 2 N–H and O–H groups in total. The Morgan fingerprint density at radius 3 is 3.17 bits per heavy atom. The molecule has 1 amide bonds. The van der Waals surface area contributed by atoms with Crippen molar-refractivity contribution < 1.29 is 24.1 Å². The van der Waals surface area contributed by atoms with E-state index in [1.807, 2.05) is 0 Å². The van der Waals surface area contributed by atoms with Gasteiger partial charge in [0.2, 0.25) is 0 Å². The summed E-state index contributed by atoms with van der Waals surface area (Å²) in [5, 5.41) is 0.00381. The second kappa shape index (κ2) is 9.10. The van der Waals surface area contributed by atoms with E-state index in [4.69, 9.17) is 19.3 Å². The van der Waals surface area contributed by atoms with Crippen LogP contribution in [0.2, 0.25) is 2.82 Å². The molecule has 1 aliphatic heterocycles. The minimum absolute atomic E-state index is 0.0183. The Bertz CT molecular complexity index is 1570. The highest BCUT2D eigenvalue weighted by Crippen LogP contribution is 2.33. The van der Waals surface area contributed by atoms with Gasteiger partial charge in [-0.15, -0.1) is 11.3 Å². The molecule has 0 spiro atoms. The zero-order valence-corrected chi connectivity index (χ0v) is 17.2. The number of nitrogens with zero attached hydrogens (tertiary/aromatic N) is 3. The van der Waals surface area contributed by atoms with Crippen molar-refractivity contribution in [1.29, 1.82) is 0 Å². The van der Waals surface area contributed by atoms with Crippen LogP contribution in [0.5, 0.6) is 0 Å². The van der Waals surface area contributed by atoms with Crippen molar-refractivity contribution in [1.82, 2.24) is 20.2 Å². The number of rotatable bonds is 6. The second-order valence-corrected chi connectivity index (χ2v) is 7.73. The largest absolute Gasteiger partial charge is 0.367 e. The molecule has 4 rings (SSSR count). The van der Waals surface area contributed by atoms with E-state index in [1.165, 1.54) is 6.07 Å². The number of benzene rings is 1. The number of likely N-dealkylation sites (tertiary alicyclic amines) is 1. The highest BCUT2D eigenvalue weighted by Gasteiger charge is 2.21. The molecule has 0 aliphatic carbocycles. The van der Waals surface area contributed by atoms with Crippen molar-refractivity contribution in [2.45, 2.75) is 45.0 Å². The topological polar surface area (TPSA) is 70.1 Å². The van der Waals surface area contributed by atoms with E-state index in [2.05, 4.69) is 9.97 Å². The lowest BCUT2D eigenvalue weighted by Gasteiger charge is -2.32. The Balaban J connectivity index is 1.72. The standard InChI is InChI=1S/C23H29N5OS/c1-15(2)20-12-19-21(25-14-26-23(19)30-20)27-18-7-9-28(10-8-18)13-16-5-4-6-17(11-16)22(29)24-3/h4-6,11-12,14-15,18H,7-10,13H2,1-3H3,(H,24,29)(H,25,26,27)/i3D3,6D,7D2,8D2,12D,13D,15D,18D/hD2. The van der Waals surface area contributed by atoms with Gasteiger partial charge in [0.05, 0.1) is 9.50 Å². The van der Waals surface area contributed by atoms with Gasteiger partial charge in [0.25, 0.3) is 5.91 Å². The summed E-state index contributed by atoms with van der Waals surface area (Å²) < 4.78 is 116. The van der Waals surface area contributed by atoms with Crippen LogP contribution in [0, 0.1) is 0 Å². The third kappa shape index (κ3) is 4.63. The van der Waals surface area contributed by atoms with E-state index in [1.54, 1.807) is 13.8 Å². The number of amides is 1. The maximum Gasteiger partial charge on any atom is 0.251 e. The van der Waals surface area contributed by atoms with Crippen molar-refractivity contribution in [3.8, 4) is 0 Å². The number of aromatic nitrogens is 2. The van der Waals surface area contributed by atoms with Crippen molar-refractivity contribution in [3.05, 3.63) is 52.6 Å². The molecule has 3 heterocycles. The van der Waals surface area contributed by atoms with Gasteiger partial charge in [0.15, 0.2) is 2.82 Å². The van der Waals surface area contributed by atoms with Crippen LogP contribution in [0.3, 0.4) is 0 Å². The zero-order chi connectivity index (χ0) is 33.4. The molecular formula is C23H29N5OS. The lowest BCUT2D eigenvalue weighted by molar-refractivity contribution is 0.0963. The number of carbonyl (C=O) groups is 1. The maximum atomic E-state index is 12.6. The number of fused-ring (bicyclic) bond motifs is 1. The molecule has 3 aromatic rings. The van der Waals surface area contributed by atoms with E-state index in [0.29, 0.717) is 10.2 Å². The SMILES string of the molecule is [2H]c1ccc(C([2H])N2CC([2H])([2H])C([2H])(N([2H])c3ncnc4sc(C([2H])(C)C)c([2H])c34)C([2H])([2H])C2)cc1C(=O)N([2H])C([2H])([2H])[2H]. The van der Waals surface area contributed by atoms with E-state index in [0.717, 1.165) is 34.7 Å². The summed E-state index contributed by atoms with van der Waals surface area (Å²) in [5.41, 5.74) is -0.513. The molecule has 30 heavy (non-hydrogen) atoms. The first-order chi connectivity index (χ1) is 20.0. The Hall–Kier alpha value is -2.51. The van der Waals surface area contributed by atoms with Gasteiger partial charge >= 0.3 is 0 Å². The van der Waals surface area contributed by atoms with Crippen LogP contribution in [0.4, 0.5) is 5.82 Å². The third-order valence-electron chi connectivity index (χ3n) is 4.29. The highest BCUT2D eigenvalue weighted by atomic mass is 32.1. The van der Waals surface area contributed by atoms with E-state index in [9.17, 15) is 4.79 Å². The number of nitrogens with one attached hydrogen (secondary N) is 2. The molecular weight excluding hydrogens is 394 g/mol. The molecule has 1 fully saturated rings. The minimum atomic E-state index is -3.11. The normalized spacial score (nSPS) is 28.6. The summed E-state index contributed by atoms with van der Waals surface area (Å²) in [5.74, 6) is -2.91. The quantitative estimate of drug-likeness (QED) is 0.603. The zero-order valence-electron chi connectivity index (χ0n) is 30.4. The van der Waals surface area contributed by atoms with Crippen LogP contribution < -0.4 is 10.6 Å².